The molecule has 0 heterocycles. The molecular weight excluding hydrogens is 284 g/mol. The first-order valence-electron chi connectivity index (χ1n) is 6.06. The van der Waals surface area contributed by atoms with Crippen molar-refractivity contribution >= 4 is 21.6 Å². The van der Waals surface area contributed by atoms with Crippen LogP contribution in [0, 0.1) is 0 Å². The maximum atomic E-state index is 12.6. The predicted molar refractivity (Wildman–Crippen MR) is 78.6 cm³/mol. The van der Waals surface area contributed by atoms with Gasteiger partial charge in [0, 0.05) is 19.6 Å². The van der Waals surface area contributed by atoms with Crippen molar-refractivity contribution in [3.63, 3.8) is 0 Å². The molecule has 0 spiro atoms. The molecule has 0 bridgehead atoms. The topological polar surface area (TPSA) is 63.4 Å². The van der Waals surface area contributed by atoms with Gasteiger partial charge in [-0.25, -0.2) is 8.42 Å². The second-order valence-electron chi connectivity index (χ2n) is 4.12. The van der Waals surface area contributed by atoms with Crippen LogP contribution in [0.1, 0.15) is 18.9 Å². The highest BCUT2D eigenvalue weighted by Gasteiger charge is 2.25. The van der Waals surface area contributed by atoms with Crippen LogP contribution in [0.4, 0.5) is 0 Å². The summed E-state index contributed by atoms with van der Waals surface area (Å²) in [6.07, 6.45) is 2.29. The average molecular weight is 303 g/mol. The maximum absolute atomic E-state index is 12.6. The van der Waals surface area contributed by atoms with E-state index in [0.717, 1.165) is 12.0 Å². The molecule has 0 radical (unpaired) electrons. The maximum Gasteiger partial charge on any atom is 0.244 e. The van der Waals surface area contributed by atoms with Crippen LogP contribution in [-0.2, 0) is 16.6 Å². The standard InChI is InChI=1S/C13H19ClN2O2S/c1-3-7-16(8-4-2)19(17,18)13-9-11(10-15)5-6-12(13)14/h3,5-6,9H,1,4,7-8,10,15H2,2H3. The molecule has 0 saturated heterocycles. The largest absolute Gasteiger partial charge is 0.326 e. The third kappa shape index (κ3) is 3.79. The monoisotopic (exact) mass is 302 g/mol. The van der Waals surface area contributed by atoms with E-state index in [1.54, 1.807) is 18.2 Å². The molecule has 1 rings (SSSR count). The SMILES string of the molecule is C=CCN(CCC)S(=O)(=O)c1cc(CN)ccc1Cl. The van der Waals surface area contributed by atoms with Crippen LogP contribution in [0.3, 0.4) is 0 Å². The second-order valence-corrected chi connectivity index (χ2v) is 6.43. The molecule has 106 valence electrons. The van der Waals surface area contributed by atoms with Crippen LogP contribution < -0.4 is 5.73 Å². The molecule has 0 unspecified atom stereocenters. The Bertz CT molecular complexity index is 544. The van der Waals surface area contributed by atoms with Crippen molar-refractivity contribution in [2.75, 3.05) is 13.1 Å². The van der Waals surface area contributed by atoms with Gasteiger partial charge in [-0.05, 0) is 24.1 Å². The summed E-state index contributed by atoms with van der Waals surface area (Å²) in [6.45, 7) is 6.47. The van der Waals surface area contributed by atoms with Crippen LogP contribution in [0.25, 0.3) is 0 Å². The van der Waals surface area contributed by atoms with Gasteiger partial charge in [0.05, 0.1) is 5.02 Å². The quantitative estimate of drug-likeness (QED) is 0.787. The van der Waals surface area contributed by atoms with Gasteiger partial charge in [0.25, 0.3) is 0 Å². The molecule has 0 atom stereocenters. The van der Waals surface area contributed by atoms with E-state index in [-0.39, 0.29) is 23.0 Å². The number of hydrogen-bond donors (Lipinski definition) is 1. The molecule has 4 nitrogen and oxygen atoms in total. The van der Waals surface area contributed by atoms with Crippen molar-refractivity contribution in [3.05, 3.63) is 41.4 Å². The van der Waals surface area contributed by atoms with E-state index >= 15 is 0 Å². The lowest BCUT2D eigenvalue weighted by molar-refractivity contribution is 0.441. The minimum absolute atomic E-state index is 0.104. The first-order chi connectivity index (χ1) is 8.97. The van der Waals surface area contributed by atoms with Gasteiger partial charge < -0.3 is 5.73 Å². The van der Waals surface area contributed by atoms with Crippen molar-refractivity contribution in [2.45, 2.75) is 24.8 Å². The number of hydrogen-bond acceptors (Lipinski definition) is 3. The van der Waals surface area contributed by atoms with Crippen LogP contribution in [0.2, 0.25) is 5.02 Å². The summed E-state index contributed by atoms with van der Waals surface area (Å²) in [6, 6.07) is 4.82. The minimum Gasteiger partial charge on any atom is -0.326 e. The van der Waals surface area contributed by atoms with Gasteiger partial charge in [0.15, 0.2) is 0 Å². The third-order valence-corrected chi connectivity index (χ3v) is 5.00. The van der Waals surface area contributed by atoms with Gasteiger partial charge in [0.2, 0.25) is 10.0 Å². The van der Waals surface area contributed by atoms with Gasteiger partial charge >= 0.3 is 0 Å². The Balaban J connectivity index is 3.27. The number of rotatable bonds is 7. The molecule has 0 saturated carbocycles. The zero-order chi connectivity index (χ0) is 14.5. The van der Waals surface area contributed by atoms with Gasteiger partial charge in [-0.3, -0.25) is 0 Å². The van der Waals surface area contributed by atoms with E-state index in [1.807, 2.05) is 6.92 Å². The molecule has 1 aromatic carbocycles. The lowest BCUT2D eigenvalue weighted by Gasteiger charge is -2.21. The first kappa shape index (κ1) is 16.2. The molecule has 0 aliphatic rings. The summed E-state index contributed by atoms with van der Waals surface area (Å²) in [5.41, 5.74) is 6.27. The average Bonchev–Trinajstić information content (AvgIpc) is 2.39. The lowest BCUT2D eigenvalue weighted by atomic mass is 10.2. The van der Waals surface area contributed by atoms with E-state index in [1.165, 1.54) is 10.4 Å². The molecule has 2 N–H and O–H groups in total. The smallest absolute Gasteiger partial charge is 0.244 e. The molecule has 0 aliphatic heterocycles. The van der Waals surface area contributed by atoms with Crippen molar-refractivity contribution in [2.24, 2.45) is 5.73 Å². The summed E-state index contributed by atoms with van der Waals surface area (Å²) in [7, 11) is -3.61. The van der Waals surface area contributed by atoms with Crippen molar-refractivity contribution in [1.29, 1.82) is 0 Å². The summed E-state index contributed by atoms with van der Waals surface area (Å²) < 4.78 is 26.5. The zero-order valence-corrected chi connectivity index (χ0v) is 12.5. The van der Waals surface area contributed by atoms with E-state index in [2.05, 4.69) is 6.58 Å². The summed E-state index contributed by atoms with van der Waals surface area (Å²) >= 11 is 6.01. The normalized spacial score (nSPS) is 11.8. The predicted octanol–water partition coefficient (Wildman–Crippen LogP) is 2.39. The third-order valence-electron chi connectivity index (χ3n) is 2.65. The Morgan fingerprint density at radius 2 is 2.16 bits per heavy atom. The molecule has 0 aromatic heterocycles. The van der Waals surface area contributed by atoms with Crippen LogP contribution in [0.5, 0.6) is 0 Å². The van der Waals surface area contributed by atoms with Crippen molar-refractivity contribution in [1.82, 2.24) is 4.31 Å². The molecule has 0 amide bonds. The molecule has 0 fully saturated rings. The molecular formula is C13H19ClN2O2S. The van der Waals surface area contributed by atoms with E-state index in [9.17, 15) is 8.42 Å². The highest BCUT2D eigenvalue weighted by atomic mass is 35.5. The fourth-order valence-corrected chi connectivity index (χ4v) is 3.74. The molecule has 19 heavy (non-hydrogen) atoms. The van der Waals surface area contributed by atoms with Crippen molar-refractivity contribution in [3.8, 4) is 0 Å². The Morgan fingerprint density at radius 3 is 2.68 bits per heavy atom. The highest BCUT2D eigenvalue weighted by molar-refractivity contribution is 7.89. The van der Waals surface area contributed by atoms with E-state index in [4.69, 9.17) is 17.3 Å². The molecule has 0 aliphatic carbocycles. The Labute approximate surface area is 119 Å². The van der Waals surface area contributed by atoms with E-state index in [0.29, 0.717) is 6.54 Å². The van der Waals surface area contributed by atoms with Crippen LogP contribution >= 0.6 is 11.6 Å². The number of nitrogens with two attached hydrogens (primary N) is 1. The van der Waals surface area contributed by atoms with Gasteiger partial charge in [-0.1, -0.05) is 30.7 Å². The minimum atomic E-state index is -3.61. The lowest BCUT2D eigenvalue weighted by Crippen LogP contribution is -2.32. The number of halogens is 1. The summed E-state index contributed by atoms with van der Waals surface area (Å²) in [5, 5.41) is 0.211. The van der Waals surface area contributed by atoms with Gasteiger partial charge in [-0.2, -0.15) is 4.31 Å². The second kappa shape index (κ2) is 7.05. The zero-order valence-electron chi connectivity index (χ0n) is 11.0. The number of nitrogens with zero attached hydrogens (tertiary/aromatic N) is 1. The Hall–Kier alpha value is -0.880. The number of sulfonamides is 1. The van der Waals surface area contributed by atoms with Crippen LogP contribution in [-0.4, -0.2) is 25.8 Å². The summed E-state index contributed by atoms with van der Waals surface area (Å²) in [5.74, 6) is 0. The molecule has 6 heteroatoms. The fraction of sp³-hybridized carbons (Fsp3) is 0.385. The van der Waals surface area contributed by atoms with Gasteiger partial charge in [0.1, 0.15) is 4.90 Å². The Kier molecular flexibility index (Phi) is 6.00. The highest BCUT2D eigenvalue weighted by Crippen LogP contribution is 2.26. The van der Waals surface area contributed by atoms with Crippen LogP contribution in [0.15, 0.2) is 35.7 Å². The first-order valence-corrected chi connectivity index (χ1v) is 7.88. The fourth-order valence-electron chi connectivity index (χ4n) is 1.71. The number of benzene rings is 1. The summed E-state index contributed by atoms with van der Waals surface area (Å²) in [4.78, 5) is 0.104. The molecule has 1 aromatic rings. The van der Waals surface area contributed by atoms with Gasteiger partial charge in [-0.15, -0.1) is 6.58 Å². The van der Waals surface area contributed by atoms with Crippen molar-refractivity contribution < 1.29 is 8.42 Å². The Morgan fingerprint density at radius 1 is 1.47 bits per heavy atom. The van der Waals surface area contributed by atoms with E-state index < -0.39 is 10.0 Å².